The van der Waals surface area contributed by atoms with Gasteiger partial charge in [0.2, 0.25) is 17.7 Å². The Balaban J connectivity index is 1.36. The van der Waals surface area contributed by atoms with Gasteiger partial charge in [0.05, 0.1) is 6.04 Å². The molecule has 4 rings (SSSR count). The van der Waals surface area contributed by atoms with Crippen LogP contribution in [-0.2, 0) is 32.1 Å². The van der Waals surface area contributed by atoms with Crippen LogP contribution in [0.2, 0.25) is 0 Å². The molecule has 41 heavy (non-hydrogen) atoms. The number of likely N-dealkylation sites (tertiary alicyclic amines) is 1. The number of benzene rings is 1. The average Bonchev–Trinajstić information content (AvgIpc) is 3.33. The van der Waals surface area contributed by atoms with Crippen molar-refractivity contribution in [2.45, 2.75) is 96.5 Å². The number of nitrogens with zero attached hydrogens (tertiary/aromatic N) is 2. The van der Waals surface area contributed by atoms with Crippen LogP contribution < -0.4 is 16.0 Å². The highest BCUT2D eigenvalue weighted by Crippen LogP contribution is 2.28. The molecule has 226 valence electrons. The van der Waals surface area contributed by atoms with E-state index in [1.165, 1.54) is 5.56 Å². The third kappa shape index (κ3) is 7.58. The summed E-state index contributed by atoms with van der Waals surface area (Å²) in [5.41, 5.74) is 1.80. The van der Waals surface area contributed by atoms with Gasteiger partial charge in [0.25, 0.3) is 0 Å². The molecule has 0 radical (unpaired) electrons. The molecule has 3 aliphatic rings. The van der Waals surface area contributed by atoms with Crippen LogP contribution >= 0.6 is 0 Å². The van der Waals surface area contributed by atoms with Crippen LogP contribution in [0.4, 0.5) is 4.79 Å². The second-order valence-electron chi connectivity index (χ2n) is 12.9. The Bertz CT molecular complexity index is 1110. The third-order valence-corrected chi connectivity index (χ3v) is 8.83. The fraction of sp³-hybridized carbons (Fsp3) is 0.677. The van der Waals surface area contributed by atoms with Crippen LogP contribution in [0.25, 0.3) is 0 Å². The summed E-state index contributed by atoms with van der Waals surface area (Å²) in [7, 11) is 3.41. The van der Waals surface area contributed by atoms with Crippen molar-refractivity contribution in [2.75, 3.05) is 27.2 Å². The molecule has 0 spiro atoms. The van der Waals surface area contributed by atoms with E-state index in [0.29, 0.717) is 26.1 Å². The van der Waals surface area contributed by atoms with Crippen molar-refractivity contribution >= 4 is 23.8 Å². The molecule has 4 atom stereocenters. The number of hydrogen-bond donors (Lipinski definition) is 3. The fourth-order valence-corrected chi connectivity index (χ4v) is 6.38. The summed E-state index contributed by atoms with van der Waals surface area (Å²) in [6.07, 6.45) is 5.35. The molecule has 1 aromatic carbocycles. The number of likely N-dealkylation sites (N-methyl/N-ethyl adjacent to an activating group) is 2. The average molecular weight is 570 g/mol. The first-order chi connectivity index (χ1) is 19.5. The van der Waals surface area contributed by atoms with E-state index in [0.717, 1.165) is 44.1 Å². The number of ether oxygens (including phenoxy) is 1. The van der Waals surface area contributed by atoms with Crippen molar-refractivity contribution in [3.05, 3.63) is 35.4 Å². The number of nitrogens with one attached hydrogen (secondary N) is 3. The van der Waals surface area contributed by atoms with Gasteiger partial charge in [-0.3, -0.25) is 19.3 Å². The Morgan fingerprint density at radius 2 is 1.66 bits per heavy atom. The van der Waals surface area contributed by atoms with Crippen LogP contribution in [0, 0.1) is 11.3 Å². The van der Waals surface area contributed by atoms with E-state index in [9.17, 15) is 19.2 Å². The maximum Gasteiger partial charge on any atom is 0.410 e. The highest BCUT2D eigenvalue weighted by atomic mass is 16.6. The summed E-state index contributed by atoms with van der Waals surface area (Å²) < 4.78 is 5.84. The highest BCUT2D eigenvalue weighted by Gasteiger charge is 2.42. The zero-order chi connectivity index (χ0) is 29.7. The minimum atomic E-state index is -0.839. The maximum absolute atomic E-state index is 13.6. The van der Waals surface area contributed by atoms with Gasteiger partial charge in [0.1, 0.15) is 18.2 Å². The van der Waals surface area contributed by atoms with Crippen LogP contribution in [0.3, 0.4) is 0 Å². The van der Waals surface area contributed by atoms with Gasteiger partial charge in [0, 0.05) is 33.1 Å². The molecule has 0 aromatic heterocycles. The minimum Gasteiger partial charge on any atom is -0.445 e. The number of fused-ring (bicyclic) bond motifs is 1. The number of hydrogen-bond acceptors (Lipinski definition) is 6. The van der Waals surface area contributed by atoms with Crippen molar-refractivity contribution in [3.8, 4) is 0 Å². The van der Waals surface area contributed by atoms with Gasteiger partial charge in [-0.2, -0.15) is 0 Å². The smallest absolute Gasteiger partial charge is 0.410 e. The van der Waals surface area contributed by atoms with Crippen molar-refractivity contribution < 1.29 is 23.9 Å². The van der Waals surface area contributed by atoms with Gasteiger partial charge in [0.15, 0.2) is 0 Å². The molecular weight excluding hydrogens is 522 g/mol. The van der Waals surface area contributed by atoms with E-state index in [2.05, 4.69) is 22.0 Å². The fourth-order valence-electron chi connectivity index (χ4n) is 6.38. The van der Waals surface area contributed by atoms with Gasteiger partial charge in [-0.05, 0) is 48.8 Å². The van der Waals surface area contributed by atoms with Gasteiger partial charge in [-0.1, -0.05) is 64.3 Å². The molecule has 2 fully saturated rings. The Hall–Kier alpha value is -3.14. The van der Waals surface area contributed by atoms with Gasteiger partial charge >= 0.3 is 6.09 Å². The zero-order valence-corrected chi connectivity index (χ0v) is 25.2. The van der Waals surface area contributed by atoms with Crippen molar-refractivity contribution in [3.63, 3.8) is 0 Å². The highest BCUT2D eigenvalue weighted by molar-refractivity contribution is 5.93. The third-order valence-electron chi connectivity index (χ3n) is 8.83. The van der Waals surface area contributed by atoms with Crippen molar-refractivity contribution in [1.29, 1.82) is 0 Å². The molecule has 1 aliphatic carbocycles. The standard InChI is InChI=1S/C31H47N5O5/c1-31(2,3)26(29(39)33-25(28(38)32-4)21-12-7-6-8-13-21)34-27(37)24-17-23(19-35(24)5)41-30(40)36-16-15-20-11-9-10-14-22(20)18-36/h9-11,14,21,23-26H,6-8,12-13,15-19H2,1-5H3,(H,32,38)(H,33,39)(H,34,37)/t23-,24+,25-,26+/m0/s1. The largest absolute Gasteiger partial charge is 0.445 e. The molecule has 0 unspecified atom stereocenters. The Labute approximate surface area is 243 Å². The summed E-state index contributed by atoms with van der Waals surface area (Å²) in [6.45, 7) is 7.23. The normalized spacial score (nSPS) is 23.2. The lowest BCUT2D eigenvalue weighted by molar-refractivity contribution is -0.136. The second kappa shape index (κ2) is 13.2. The Morgan fingerprint density at radius 1 is 0.976 bits per heavy atom. The molecule has 10 nitrogen and oxygen atoms in total. The zero-order valence-electron chi connectivity index (χ0n) is 25.2. The van der Waals surface area contributed by atoms with Crippen molar-refractivity contribution in [2.24, 2.45) is 11.3 Å². The lowest BCUT2D eigenvalue weighted by Gasteiger charge is -2.35. The first kappa shape index (κ1) is 30.8. The molecule has 10 heteroatoms. The molecule has 1 saturated carbocycles. The van der Waals surface area contributed by atoms with E-state index in [1.54, 1.807) is 11.9 Å². The van der Waals surface area contributed by atoms with Crippen molar-refractivity contribution in [1.82, 2.24) is 25.8 Å². The predicted molar refractivity (Wildman–Crippen MR) is 156 cm³/mol. The van der Waals surface area contributed by atoms with E-state index in [-0.39, 0.29) is 29.7 Å². The second-order valence-corrected chi connectivity index (χ2v) is 12.9. The number of carbonyl (C=O) groups excluding carboxylic acids is 4. The Morgan fingerprint density at radius 3 is 2.32 bits per heavy atom. The molecule has 0 bridgehead atoms. The van der Waals surface area contributed by atoms with E-state index in [1.807, 2.05) is 50.9 Å². The van der Waals surface area contributed by atoms with Gasteiger partial charge in [-0.15, -0.1) is 0 Å². The molecular formula is C31H47N5O5. The first-order valence-corrected chi connectivity index (χ1v) is 15.0. The van der Waals surface area contributed by atoms with Crippen LogP contribution in [0.15, 0.2) is 24.3 Å². The lowest BCUT2D eigenvalue weighted by Crippen LogP contribution is -2.60. The molecule has 4 amide bonds. The number of carbonyl (C=O) groups is 4. The first-order valence-electron chi connectivity index (χ1n) is 15.0. The summed E-state index contributed by atoms with van der Waals surface area (Å²) >= 11 is 0. The molecule has 2 aliphatic heterocycles. The van der Waals surface area contributed by atoms with Crippen LogP contribution in [0.5, 0.6) is 0 Å². The van der Waals surface area contributed by atoms with Gasteiger partial charge in [-0.25, -0.2) is 4.79 Å². The quantitative estimate of drug-likeness (QED) is 0.465. The number of amides is 4. The summed E-state index contributed by atoms with van der Waals surface area (Å²) in [4.78, 5) is 56.3. The summed E-state index contributed by atoms with van der Waals surface area (Å²) in [5.74, 6) is -0.781. The minimum absolute atomic E-state index is 0.0776. The van der Waals surface area contributed by atoms with Crippen LogP contribution in [0.1, 0.15) is 70.4 Å². The molecule has 2 heterocycles. The van der Waals surface area contributed by atoms with Crippen LogP contribution in [-0.4, -0.2) is 85.0 Å². The summed E-state index contributed by atoms with van der Waals surface area (Å²) in [6, 6.07) is 6.10. The predicted octanol–water partition coefficient (Wildman–Crippen LogP) is 2.60. The SMILES string of the molecule is CNC(=O)[C@@H](NC(=O)[C@@H](NC(=O)[C@H]1C[C@H](OC(=O)N2CCc3ccccc3C2)CN1C)C(C)(C)C)C1CCCCC1. The maximum atomic E-state index is 13.6. The summed E-state index contributed by atoms with van der Waals surface area (Å²) in [5, 5.41) is 8.64. The monoisotopic (exact) mass is 569 g/mol. The molecule has 3 N–H and O–H groups in total. The Kier molecular flexibility index (Phi) is 9.94. The topological polar surface area (TPSA) is 120 Å². The van der Waals surface area contributed by atoms with E-state index in [4.69, 9.17) is 4.74 Å². The number of rotatable bonds is 7. The van der Waals surface area contributed by atoms with E-state index >= 15 is 0 Å². The van der Waals surface area contributed by atoms with E-state index < -0.39 is 29.6 Å². The molecule has 1 saturated heterocycles. The lowest BCUT2D eigenvalue weighted by atomic mass is 9.82. The molecule has 1 aromatic rings. The van der Waals surface area contributed by atoms with Gasteiger partial charge < -0.3 is 25.6 Å².